The zero-order valence-corrected chi connectivity index (χ0v) is 21.4. The fourth-order valence-corrected chi connectivity index (χ4v) is 5.22. The molecule has 0 saturated carbocycles. The molecule has 5 rings (SSSR count). The second-order valence-corrected chi connectivity index (χ2v) is 10.4. The van der Waals surface area contributed by atoms with Crippen molar-refractivity contribution in [3.8, 4) is 16.9 Å². The number of halogens is 1. The first-order chi connectivity index (χ1) is 17.1. The van der Waals surface area contributed by atoms with Crippen LogP contribution in [0.4, 0.5) is 10.6 Å². The summed E-state index contributed by atoms with van der Waals surface area (Å²) >= 11 is 6.29. The molecule has 2 aromatic carbocycles. The van der Waals surface area contributed by atoms with Crippen molar-refractivity contribution < 1.29 is 9.90 Å². The van der Waals surface area contributed by atoms with E-state index in [9.17, 15) is 9.90 Å². The van der Waals surface area contributed by atoms with Gasteiger partial charge in [-0.15, -0.1) is 0 Å². The summed E-state index contributed by atoms with van der Waals surface area (Å²) < 4.78 is 3.42. The van der Waals surface area contributed by atoms with Crippen LogP contribution in [0.1, 0.15) is 43.0 Å². The van der Waals surface area contributed by atoms with Gasteiger partial charge in [0.15, 0.2) is 0 Å². The number of rotatable bonds is 4. The zero-order valence-electron chi connectivity index (χ0n) is 20.7. The summed E-state index contributed by atoms with van der Waals surface area (Å²) in [5, 5.41) is 26.6. The number of amides is 2. The maximum Gasteiger partial charge on any atom is 0.320 e. The highest BCUT2D eigenvalue weighted by Gasteiger charge is 2.39. The number of aromatic nitrogens is 4. The van der Waals surface area contributed by atoms with Crippen molar-refractivity contribution in [2.75, 3.05) is 5.32 Å². The minimum atomic E-state index is -0.761. The van der Waals surface area contributed by atoms with Crippen molar-refractivity contribution >= 4 is 23.4 Å². The predicted molar refractivity (Wildman–Crippen MR) is 141 cm³/mol. The number of fused-ring (bicyclic) bond motifs is 1. The van der Waals surface area contributed by atoms with Gasteiger partial charge in [0, 0.05) is 29.4 Å². The van der Waals surface area contributed by atoms with E-state index >= 15 is 0 Å². The molecule has 1 aliphatic carbocycles. The molecule has 2 amide bonds. The Bertz CT molecular complexity index is 1430. The zero-order chi connectivity index (χ0) is 25.6. The lowest BCUT2D eigenvalue weighted by molar-refractivity contribution is 0.0883. The van der Waals surface area contributed by atoms with E-state index in [2.05, 4.69) is 29.6 Å². The van der Waals surface area contributed by atoms with E-state index < -0.39 is 18.2 Å². The topological polar surface area (TPSA) is 97.0 Å². The molecule has 0 aliphatic heterocycles. The summed E-state index contributed by atoms with van der Waals surface area (Å²) in [4.78, 5) is 13.3. The number of aliphatic hydroxyl groups excluding tert-OH is 1. The summed E-state index contributed by atoms with van der Waals surface area (Å²) in [5.41, 5.74) is 4.83. The molecule has 4 aromatic rings. The molecule has 0 fully saturated rings. The van der Waals surface area contributed by atoms with E-state index in [4.69, 9.17) is 16.7 Å². The molecule has 9 heteroatoms. The quantitative estimate of drug-likeness (QED) is 0.358. The third-order valence-electron chi connectivity index (χ3n) is 6.80. The summed E-state index contributed by atoms with van der Waals surface area (Å²) in [6.45, 7) is 6.08. The Morgan fingerprint density at radius 2 is 1.94 bits per heavy atom. The van der Waals surface area contributed by atoms with Crippen molar-refractivity contribution in [1.82, 2.24) is 24.9 Å². The number of nitrogens with one attached hydrogen (secondary N) is 2. The van der Waals surface area contributed by atoms with Gasteiger partial charge in [-0.25, -0.2) is 9.48 Å². The average Bonchev–Trinajstić information content (AvgIpc) is 3.40. The van der Waals surface area contributed by atoms with Crippen LogP contribution >= 0.6 is 11.6 Å². The number of urea groups is 1. The summed E-state index contributed by atoms with van der Waals surface area (Å²) in [6, 6.07) is 14.2. The maximum atomic E-state index is 13.3. The lowest BCUT2D eigenvalue weighted by Gasteiger charge is -2.40. The number of nitrogens with zero attached hydrogens (tertiary/aromatic N) is 4. The molecule has 36 heavy (non-hydrogen) atoms. The number of carbonyl (C=O) groups is 1. The van der Waals surface area contributed by atoms with E-state index in [1.807, 2.05) is 68.7 Å². The van der Waals surface area contributed by atoms with Gasteiger partial charge < -0.3 is 10.4 Å². The van der Waals surface area contributed by atoms with Gasteiger partial charge in [-0.1, -0.05) is 49.7 Å². The minimum Gasteiger partial charge on any atom is -0.391 e. The van der Waals surface area contributed by atoms with Crippen molar-refractivity contribution in [2.24, 2.45) is 7.05 Å². The number of hydrogen-bond donors (Lipinski definition) is 3. The average molecular weight is 505 g/mol. The fraction of sp³-hybridized carbons (Fsp3) is 0.296. The van der Waals surface area contributed by atoms with Gasteiger partial charge in [0.25, 0.3) is 0 Å². The number of benzene rings is 2. The molecular formula is C27H29ClN6O2. The number of hydrogen-bond acceptors (Lipinski definition) is 4. The molecule has 186 valence electrons. The van der Waals surface area contributed by atoms with E-state index in [0.29, 0.717) is 17.3 Å². The molecular weight excluding hydrogens is 476 g/mol. The maximum absolute atomic E-state index is 13.3. The third kappa shape index (κ3) is 4.38. The summed E-state index contributed by atoms with van der Waals surface area (Å²) in [7, 11) is 1.85. The molecule has 8 nitrogen and oxygen atoms in total. The number of aryl methyl sites for hydroxylation is 1. The molecule has 0 spiro atoms. The normalized spacial score (nSPS) is 18.5. The van der Waals surface area contributed by atoms with Crippen molar-refractivity contribution in [1.29, 1.82) is 0 Å². The van der Waals surface area contributed by atoms with E-state index in [1.165, 1.54) is 0 Å². The van der Waals surface area contributed by atoms with Crippen molar-refractivity contribution in [2.45, 2.75) is 44.8 Å². The molecule has 0 radical (unpaired) electrons. The monoisotopic (exact) mass is 504 g/mol. The molecule has 2 unspecified atom stereocenters. The Balaban J connectivity index is 1.49. The van der Waals surface area contributed by atoms with Crippen LogP contribution in [0.3, 0.4) is 0 Å². The smallest absolute Gasteiger partial charge is 0.320 e. The van der Waals surface area contributed by atoms with Crippen LogP contribution in [0.2, 0.25) is 5.02 Å². The molecule has 0 bridgehead atoms. The first kappa shape index (κ1) is 24.1. The Kier molecular flexibility index (Phi) is 6.10. The third-order valence-corrected chi connectivity index (χ3v) is 7.04. The highest BCUT2D eigenvalue weighted by molar-refractivity contribution is 6.30. The predicted octanol–water partition coefficient (Wildman–Crippen LogP) is 5.14. The fourth-order valence-electron chi connectivity index (χ4n) is 5.04. The molecule has 2 aromatic heterocycles. The highest BCUT2D eigenvalue weighted by Crippen LogP contribution is 2.42. The van der Waals surface area contributed by atoms with Gasteiger partial charge in [-0.2, -0.15) is 10.2 Å². The first-order valence-electron chi connectivity index (χ1n) is 11.8. The molecule has 0 saturated heterocycles. The van der Waals surface area contributed by atoms with Crippen molar-refractivity contribution in [3.63, 3.8) is 0 Å². The van der Waals surface area contributed by atoms with Gasteiger partial charge in [-0.05, 0) is 54.2 Å². The largest absolute Gasteiger partial charge is 0.391 e. The van der Waals surface area contributed by atoms with E-state index in [0.717, 1.165) is 33.6 Å². The Morgan fingerprint density at radius 3 is 2.64 bits per heavy atom. The summed E-state index contributed by atoms with van der Waals surface area (Å²) in [6.07, 6.45) is 3.38. The van der Waals surface area contributed by atoms with Crippen LogP contribution in [0.15, 0.2) is 60.9 Å². The van der Waals surface area contributed by atoms with Crippen LogP contribution in [-0.4, -0.2) is 36.8 Å². The second kappa shape index (κ2) is 9.11. The molecule has 2 heterocycles. The van der Waals surface area contributed by atoms with Crippen LogP contribution < -0.4 is 10.6 Å². The molecule has 3 N–H and O–H groups in total. The standard InChI is InChI=1S/C27H29ClN6O2/c1-16-23(17-14-29-33(4)15-17)32-34(19-8-6-5-7-9-19)25(16)31-26(36)30-24-20-12-18(28)10-11-21(20)27(2,3)13-22(24)35/h5-12,14-15,22,24,35H,13H2,1-4H3,(H2,30,31,36). The second-order valence-electron chi connectivity index (χ2n) is 9.94. The van der Waals surface area contributed by atoms with Crippen LogP contribution in [-0.2, 0) is 12.5 Å². The number of anilines is 1. The Hall–Kier alpha value is -3.62. The van der Waals surface area contributed by atoms with Gasteiger partial charge in [0.2, 0.25) is 0 Å². The van der Waals surface area contributed by atoms with Crippen LogP contribution in [0, 0.1) is 6.92 Å². The summed E-state index contributed by atoms with van der Waals surface area (Å²) in [5.74, 6) is 0.537. The van der Waals surface area contributed by atoms with Crippen molar-refractivity contribution in [3.05, 3.63) is 82.6 Å². The van der Waals surface area contributed by atoms with Crippen LogP contribution in [0.25, 0.3) is 16.9 Å². The lowest BCUT2D eigenvalue weighted by atomic mass is 9.69. The van der Waals surface area contributed by atoms with Gasteiger partial charge >= 0.3 is 6.03 Å². The molecule has 1 aliphatic rings. The SMILES string of the molecule is Cc1c(-c2cnn(C)c2)nn(-c2ccccc2)c1NC(=O)NC1c2cc(Cl)ccc2C(C)(C)CC1O. The van der Waals surface area contributed by atoms with E-state index in [1.54, 1.807) is 15.6 Å². The Morgan fingerprint density at radius 1 is 1.19 bits per heavy atom. The number of carbonyl (C=O) groups excluding carboxylic acids is 1. The number of para-hydroxylation sites is 1. The van der Waals surface area contributed by atoms with Gasteiger partial charge in [-0.3, -0.25) is 10.00 Å². The molecule has 2 atom stereocenters. The number of aliphatic hydroxyl groups is 1. The Labute approximate surface area is 214 Å². The first-order valence-corrected chi connectivity index (χ1v) is 12.2. The highest BCUT2D eigenvalue weighted by atomic mass is 35.5. The van der Waals surface area contributed by atoms with Crippen LogP contribution in [0.5, 0.6) is 0 Å². The lowest BCUT2D eigenvalue weighted by Crippen LogP contribution is -2.45. The van der Waals surface area contributed by atoms with Gasteiger partial charge in [0.05, 0.1) is 24.0 Å². The minimum absolute atomic E-state index is 0.241. The van der Waals surface area contributed by atoms with E-state index in [-0.39, 0.29) is 5.41 Å². The van der Waals surface area contributed by atoms with Gasteiger partial charge in [0.1, 0.15) is 11.5 Å².